The Kier molecular flexibility index (Phi) is 14.7. The second-order valence-electron chi connectivity index (χ2n) is 13.1. The maximum absolute atomic E-state index is 13.2. The number of benzene rings is 5. The fourth-order valence-electron chi connectivity index (χ4n) is 6.18. The molecule has 0 saturated heterocycles. The minimum absolute atomic E-state index is 0.0857. The van der Waals surface area contributed by atoms with Crippen LogP contribution in [-0.2, 0) is 52.0 Å². The van der Waals surface area contributed by atoms with Crippen LogP contribution in [0.5, 0.6) is 11.5 Å². The Bertz CT molecular complexity index is 2500. The van der Waals surface area contributed by atoms with Gasteiger partial charge in [-0.2, -0.15) is 0 Å². The van der Waals surface area contributed by atoms with E-state index in [1.54, 1.807) is 14.2 Å². The molecular weight excluding hydrogens is 751 g/mol. The number of amides is 1. The van der Waals surface area contributed by atoms with Gasteiger partial charge in [0.15, 0.2) is 22.9 Å². The van der Waals surface area contributed by atoms with E-state index < -0.39 is 17.8 Å². The van der Waals surface area contributed by atoms with Crippen LogP contribution in [0.15, 0.2) is 140 Å². The van der Waals surface area contributed by atoms with Crippen molar-refractivity contribution >= 4 is 39.4 Å². The lowest BCUT2D eigenvalue weighted by molar-refractivity contribution is -0.143. The van der Waals surface area contributed by atoms with Gasteiger partial charge in [0.1, 0.15) is 26.4 Å². The molecule has 2 aromatic heterocycles. The SMILES string of the molecule is COCc1nc(C(=O)NCC(=O)OCc2ccccc2)c(OCc2ccccc2)c2ccccc12.COCc1nc(C(=O)O)c(OCc2ccccc2)c2ccccc12. The summed E-state index contributed by atoms with van der Waals surface area (Å²) in [6.45, 7) is 0.829. The number of aromatic nitrogens is 2. The highest BCUT2D eigenvalue weighted by atomic mass is 16.5. The third-order valence-electron chi connectivity index (χ3n) is 8.96. The molecule has 0 radical (unpaired) electrons. The van der Waals surface area contributed by atoms with Crippen molar-refractivity contribution in [1.29, 1.82) is 0 Å². The second-order valence-corrected chi connectivity index (χ2v) is 13.1. The van der Waals surface area contributed by atoms with Gasteiger partial charge in [-0.05, 0) is 16.7 Å². The lowest BCUT2D eigenvalue weighted by Crippen LogP contribution is -2.31. The minimum atomic E-state index is -1.12. The highest BCUT2D eigenvalue weighted by molar-refractivity contribution is 6.03. The summed E-state index contributed by atoms with van der Waals surface area (Å²) in [6.07, 6.45) is 0. The van der Waals surface area contributed by atoms with Crippen molar-refractivity contribution in [3.8, 4) is 11.5 Å². The number of nitrogens with zero attached hydrogens (tertiary/aromatic N) is 2. The number of fused-ring (bicyclic) bond motifs is 2. The predicted molar refractivity (Wildman–Crippen MR) is 222 cm³/mol. The van der Waals surface area contributed by atoms with Gasteiger partial charge in [-0.25, -0.2) is 14.8 Å². The van der Waals surface area contributed by atoms with E-state index in [-0.39, 0.29) is 56.7 Å². The van der Waals surface area contributed by atoms with Crippen molar-refractivity contribution in [3.05, 3.63) is 179 Å². The van der Waals surface area contributed by atoms with Crippen LogP contribution in [0.4, 0.5) is 0 Å². The van der Waals surface area contributed by atoms with Gasteiger partial charge < -0.3 is 34.1 Å². The molecule has 5 aromatic carbocycles. The van der Waals surface area contributed by atoms with E-state index in [2.05, 4.69) is 15.3 Å². The van der Waals surface area contributed by atoms with Gasteiger partial charge in [0.2, 0.25) is 0 Å². The molecule has 0 aliphatic rings. The molecule has 0 saturated carbocycles. The number of aromatic carboxylic acids is 1. The summed E-state index contributed by atoms with van der Waals surface area (Å²) in [4.78, 5) is 45.8. The number of carboxylic acids is 1. The van der Waals surface area contributed by atoms with Crippen LogP contribution in [0.25, 0.3) is 21.5 Å². The number of carbonyl (C=O) groups is 3. The molecule has 2 heterocycles. The smallest absolute Gasteiger partial charge is 0.358 e. The van der Waals surface area contributed by atoms with Gasteiger partial charge in [-0.3, -0.25) is 9.59 Å². The number of methoxy groups -OCH3 is 2. The Labute approximate surface area is 341 Å². The van der Waals surface area contributed by atoms with Crippen LogP contribution >= 0.6 is 0 Å². The number of ether oxygens (including phenoxy) is 5. The van der Waals surface area contributed by atoms with Crippen LogP contribution in [0.2, 0.25) is 0 Å². The Morgan fingerprint density at radius 3 is 1.34 bits per heavy atom. The van der Waals surface area contributed by atoms with Gasteiger partial charge >= 0.3 is 11.9 Å². The molecule has 7 aromatic rings. The van der Waals surface area contributed by atoms with Crippen LogP contribution in [0.1, 0.15) is 49.1 Å². The van der Waals surface area contributed by atoms with Gasteiger partial charge in [0.05, 0.1) is 24.6 Å². The maximum atomic E-state index is 13.2. The van der Waals surface area contributed by atoms with E-state index in [1.807, 2.05) is 140 Å². The molecule has 0 fully saturated rings. The molecule has 7 rings (SSSR count). The van der Waals surface area contributed by atoms with Gasteiger partial charge in [0.25, 0.3) is 5.91 Å². The van der Waals surface area contributed by atoms with E-state index in [9.17, 15) is 19.5 Å². The summed E-state index contributed by atoms with van der Waals surface area (Å²) in [5, 5.41) is 15.3. The Morgan fingerprint density at radius 2 is 0.898 bits per heavy atom. The molecule has 0 aliphatic carbocycles. The first kappa shape index (κ1) is 41.5. The summed E-state index contributed by atoms with van der Waals surface area (Å²) in [6, 6.07) is 43.6. The number of rotatable bonds is 16. The quantitative estimate of drug-likeness (QED) is 0.0913. The van der Waals surface area contributed by atoms with Gasteiger partial charge in [-0.1, -0.05) is 140 Å². The third-order valence-corrected chi connectivity index (χ3v) is 8.96. The summed E-state index contributed by atoms with van der Waals surface area (Å²) < 4.78 is 27.7. The molecule has 300 valence electrons. The highest BCUT2D eigenvalue weighted by Crippen LogP contribution is 2.33. The maximum Gasteiger partial charge on any atom is 0.358 e. The van der Waals surface area contributed by atoms with E-state index in [0.29, 0.717) is 22.5 Å². The van der Waals surface area contributed by atoms with E-state index in [1.165, 1.54) is 0 Å². The van der Waals surface area contributed by atoms with Gasteiger partial charge in [0, 0.05) is 35.8 Å². The Morgan fingerprint density at radius 1 is 0.508 bits per heavy atom. The Balaban J connectivity index is 0.000000213. The normalized spacial score (nSPS) is 10.7. The summed E-state index contributed by atoms with van der Waals surface area (Å²) in [5.41, 5.74) is 3.94. The fourth-order valence-corrected chi connectivity index (χ4v) is 6.18. The van der Waals surface area contributed by atoms with Crippen molar-refractivity contribution < 1.29 is 43.2 Å². The van der Waals surface area contributed by atoms with E-state index >= 15 is 0 Å². The zero-order valence-electron chi connectivity index (χ0n) is 32.6. The van der Waals surface area contributed by atoms with Crippen molar-refractivity contribution in [1.82, 2.24) is 15.3 Å². The summed E-state index contributed by atoms with van der Waals surface area (Å²) in [5.74, 6) is -1.58. The molecule has 0 atom stereocenters. The predicted octanol–water partition coefficient (Wildman–Crippen LogP) is 8.09. The number of carboxylic acid groups (broad SMARTS) is 1. The molecule has 0 bridgehead atoms. The van der Waals surface area contributed by atoms with Crippen LogP contribution in [-0.4, -0.2) is 53.7 Å². The first-order valence-electron chi connectivity index (χ1n) is 18.7. The number of pyridine rings is 2. The van der Waals surface area contributed by atoms with Crippen LogP contribution in [0, 0.1) is 0 Å². The van der Waals surface area contributed by atoms with E-state index in [4.69, 9.17) is 23.7 Å². The Hall–Kier alpha value is -7.15. The van der Waals surface area contributed by atoms with Crippen molar-refractivity contribution in [3.63, 3.8) is 0 Å². The molecule has 0 aliphatic heterocycles. The van der Waals surface area contributed by atoms with Crippen molar-refractivity contribution in [2.45, 2.75) is 33.0 Å². The number of esters is 1. The van der Waals surface area contributed by atoms with Gasteiger partial charge in [-0.15, -0.1) is 0 Å². The lowest BCUT2D eigenvalue weighted by atomic mass is 10.1. The number of hydrogen-bond donors (Lipinski definition) is 2. The molecule has 59 heavy (non-hydrogen) atoms. The molecule has 12 heteroatoms. The van der Waals surface area contributed by atoms with Crippen molar-refractivity contribution in [2.24, 2.45) is 0 Å². The molecular formula is C47H43N3O9. The molecule has 1 amide bonds. The number of carbonyl (C=O) groups excluding carboxylic acids is 2. The molecule has 0 unspecified atom stereocenters. The zero-order chi connectivity index (χ0) is 41.4. The number of hydrogen-bond acceptors (Lipinski definition) is 10. The fraction of sp³-hybridized carbons (Fsp3) is 0.170. The second kappa shape index (κ2) is 20.8. The average Bonchev–Trinajstić information content (AvgIpc) is 3.28. The van der Waals surface area contributed by atoms with Crippen molar-refractivity contribution in [2.75, 3.05) is 20.8 Å². The standard InChI is InChI=1S/C28H26N2O5.C19H17NO4/c1-33-19-24-22-14-8-9-15-23(22)27(35-18-21-12-6-3-7-13-21)26(30-24)28(32)29-16-25(31)34-17-20-10-4-2-5-11-20;1-23-12-16-14-9-5-6-10-15(14)18(17(20-16)19(21)22)24-11-13-7-3-2-4-8-13/h2-15H,16-19H2,1H3,(H,29,32);2-10H,11-12H2,1H3,(H,21,22). The first-order chi connectivity index (χ1) is 28.9. The third kappa shape index (κ3) is 11.0. The minimum Gasteiger partial charge on any atom is -0.486 e. The topological polar surface area (TPSA) is 155 Å². The van der Waals surface area contributed by atoms with E-state index in [0.717, 1.165) is 32.8 Å². The molecule has 12 nitrogen and oxygen atoms in total. The average molecular weight is 794 g/mol. The number of nitrogens with one attached hydrogen (secondary N) is 1. The van der Waals surface area contributed by atoms with Crippen LogP contribution < -0.4 is 14.8 Å². The molecule has 0 spiro atoms. The lowest BCUT2D eigenvalue weighted by Gasteiger charge is -2.16. The zero-order valence-corrected chi connectivity index (χ0v) is 32.6. The molecule has 2 N–H and O–H groups in total. The highest BCUT2D eigenvalue weighted by Gasteiger charge is 2.23. The largest absolute Gasteiger partial charge is 0.486 e. The first-order valence-corrected chi connectivity index (χ1v) is 18.7. The summed E-state index contributed by atoms with van der Waals surface area (Å²) >= 11 is 0. The summed E-state index contributed by atoms with van der Waals surface area (Å²) in [7, 11) is 3.12. The monoisotopic (exact) mass is 793 g/mol. The van der Waals surface area contributed by atoms with Crippen LogP contribution in [0.3, 0.4) is 0 Å².